The number of nitrogens with zero attached hydrogens (tertiary/aromatic N) is 2. The van der Waals surface area contributed by atoms with Gasteiger partial charge in [0.15, 0.2) is 0 Å². The molecule has 0 N–H and O–H groups in total. The fourth-order valence-electron chi connectivity index (χ4n) is 2.06. The van der Waals surface area contributed by atoms with Crippen LogP contribution in [0.4, 0.5) is 0 Å². The lowest BCUT2D eigenvalue weighted by molar-refractivity contribution is 1.04. The number of halogens is 1. The molecule has 2 aromatic heterocycles. The summed E-state index contributed by atoms with van der Waals surface area (Å²) in [5.74, 6) is 0. The van der Waals surface area contributed by atoms with Gasteiger partial charge in [-0.2, -0.15) is 0 Å². The number of fused-ring (bicyclic) bond motifs is 1. The normalized spacial score (nSPS) is 11.8. The van der Waals surface area contributed by atoms with E-state index in [1.165, 1.54) is 16.0 Å². The summed E-state index contributed by atoms with van der Waals surface area (Å²) >= 11 is 6.30. The van der Waals surface area contributed by atoms with Crippen molar-refractivity contribution in [2.24, 2.45) is 0 Å². The summed E-state index contributed by atoms with van der Waals surface area (Å²) < 4.78 is 1.49. The van der Waals surface area contributed by atoms with Crippen LogP contribution in [-0.4, -0.2) is 9.38 Å². The molecule has 0 atom stereocenters. The van der Waals surface area contributed by atoms with Gasteiger partial charge in [-0.25, -0.2) is 4.98 Å². The Bertz CT molecular complexity index is 879. The Morgan fingerprint density at radius 3 is 2.71 bits per heavy atom. The summed E-state index contributed by atoms with van der Waals surface area (Å²) in [5.41, 5.74) is 3.07. The van der Waals surface area contributed by atoms with Crippen LogP contribution in [0.3, 0.4) is 0 Å². The SMILES string of the molecule is Cc1ccc(/C=C(\Cl)c2cc(=O)n3ccccc3n2)cc1. The van der Waals surface area contributed by atoms with Gasteiger partial charge in [-0.1, -0.05) is 47.5 Å². The zero-order valence-corrected chi connectivity index (χ0v) is 12.2. The lowest BCUT2D eigenvalue weighted by Gasteiger charge is -2.03. The van der Waals surface area contributed by atoms with Crippen LogP contribution in [0.1, 0.15) is 16.8 Å². The van der Waals surface area contributed by atoms with Crippen LogP contribution in [0.2, 0.25) is 0 Å². The zero-order chi connectivity index (χ0) is 14.8. The predicted molar refractivity (Wildman–Crippen MR) is 86.4 cm³/mol. The number of hydrogen-bond acceptors (Lipinski definition) is 2. The number of aromatic nitrogens is 2. The Kier molecular flexibility index (Phi) is 3.59. The van der Waals surface area contributed by atoms with Crippen molar-refractivity contribution in [3.63, 3.8) is 0 Å². The van der Waals surface area contributed by atoms with Crippen LogP contribution in [0.15, 0.2) is 59.5 Å². The van der Waals surface area contributed by atoms with E-state index in [9.17, 15) is 4.79 Å². The lowest BCUT2D eigenvalue weighted by Crippen LogP contribution is -2.14. The molecule has 0 amide bonds. The Morgan fingerprint density at radius 2 is 1.95 bits per heavy atom. The molecule has 3 nitrogen and oxygen atoms in total. The van der Waals surface area contributed by atoms with Gasteiger partial charge < -0.3 is 0 Å². The highest BCUT2D eigenvalue weighted by atomic mass is 35.5. The van der Waals surface area contributed by atoms with Crippen molar-refractivity contribution >= 4 is 28.4 Å². The van der Waals surface area contributed by atoms with Crippen LogP contribution >= 0.6 is 11.6 Å². The van der Waals surface area contributed by atoms with Crippen LogP contribution in [0.25, 0.3) is 16.8 Å². The molecule has 104 valence electrons. The van der Waals surface area contributed by atoms with Gasteiger partial charge in [0.25, 0.3) is 5.56 Å². The molecule has 3 rings (SSSR count). The van der Waals surface area contributed by atoms with E-state index in [1.54, 1.807) is 18.3 Å². The van der Waals surface area contributed by atoms with Crippen molar-refractivity contribution in [2.45, 2.75) is 6.92 Å². The number of rotatable bonds is 2. The molecule has 3 aromatic rings. The van der Waals surface area contributed by atoms with Gasteiger partial charge in [0.05, 0.1) is 10.7 Å². The fourth-order valence-corrected chi connectivity index (χ4v) is 2.28. The molecule has 0 saturated heterocycles. The molecule has 21 heavy (non-hydrogen) atoms. The van der Waals surface area contributed by atoms with Crippen molar-refractivity contribution in [1.82, 2.24) is 9.38 Å². The molecule has 0 fully saturated rings. The molecule has 4 heteroatoms. The first kappa shape index (κ1) is 13.6. The molecule has 2 heterocycles. The van der Waals surface area contributed by atoms with Crippen molar-refractivity contribution in [3.05, 3.63) is 81.9 Å². The molecule has 0 radical (unpaired) electrons. The number of hydrogen-bond donors (Lipinski definition) is 0. The highest BCUT2D eigenvalue weighted by Gasteiger charge is 2.05. The van der Waals surface area contributed by atoms with E-state index in [4.69, 9.17) is 11.6 Å². The number of pyridine rings is 1. The van der Waals surface area contributed by atoms with Crippen molar-refractivity contribution in [1.29, 1.82) is 0 Å². The molecule has 0 saturated carbocycles. The Morgan fingerprint density at radius 1 is 1.19 bits per heavy atom. The first-order chi connectivity index (χ1) is 10.1. The van der Waals surface area contributed by atoms with Crippen molar-refractivity contribution < 1.29 is 0 Å². The average Bonchev–Trinajstić information content (AvgIpc) is 2.49. The standard InChI is InChI=1S/C17H13ClN2O/c1-12-5-7-13(8-6-12)10-14(18)15-11-17(21)20-9-3-2-4-16(20)19-15/h2-11H,1H3/b14-10-. The van der Waals surface area contributed by atoms with Gasteiger partial charge in [0, 0.05) is 12.3 Å². The van der Waals surface area contributed by atoms with E-state index in [0.717, 1.165) is 5.56 Å². The van der Waals surface area contributed by atoms with Crippen LogP contribution in [-0.2, 0) is 0 Å². The maximum Gasteiger partial charge on any atom is 0.258 e. The summed E-state index contributed by atoms with van der Waals surface area (Å²) in [6, 6.07) is 14.8. The third-order valence-electron chi connectivity index (χ3n) is 3.19. The van der Waals surface area contributed by atoms with Crippen LogP contribution in [0, 0.1) is 6.92 Å². The summed E-state index contributed by atoms with van der Waals surface area (Å²) in [6.45, 7) is 2.03. The van der Waals surface area contributed by atoms with E-state index in [2.05, 4.69) is 4.98 Å². The van der Waals surface area contributed by atoms with E-state index in [1.807, 2.05) is 43.3 Å². The number of aryl methyl sites for hydroxylation is 1. The number of benzene rings is 1. The van der Waals surface area contributed by atoms with Gasteiger partial charge in [0.2, 0.25) is 0 Å². The second-order valence-electron chi connectivity index (χ2n) is 4.81. The highest BCUT2D eigenvalue weighted by Crippen LogP contribution is 2.20. The molecule has 0 unspecified atom stereocenters. The summed E-state index contributed by atoms with van der Waals surface area (Å²) in [6.07, 6.45) is 3.49. The molecule has 0 bridgehead atoms. The lowest BCUT2D eigenvalue weighted by atomic mass is 10.1. The third kappa shape index (κ3) is 2.88. The fraction of sp³-hybridized carbons (Fsp3) is 0.0588. The average molecular weight is 297 g/mol. The van der Waals surface area contributed by atoms with Crippen LogP contribution < -0.4 is 5.56 Å². The molecule has 0 aliphatic rings. The topological polar surface area (TPSA) is 34.4 Å². The van der Waals surface area contributed by atoms with E-state index < -0.39 is 0 Å². The van der Waals surface area contributed by atoms with Gasteiger partial charge in [-0.3, -0.25) is 9.20 Å². The summed E-state index contributed by atoms with van der Waals surface area (Å²) in [4.78, 5) is 16.5. The first-order valence-electron chi connectivity index (χ1n) is 6.56. The smallest absolute Gasteiger partial charge is 0.258 e. The van der Waals surface area contributed by atoms with Crippen molar-refractivity contribution in [3.8, 4) is 0 Å². The zero-order valence-electron chi connectivity index (χ0n) is 11.5. The van der Waals surface area contributed by atoms with Gasteiger partial charge >= 0.3 is 0 Å². The Balaban J connectivity index is 2.07. The van der Waals surface area contributed by atoms with E-state index in [0.29, 0.717) is 16.4 Å². The first-order valence-corrected chi connectivity index (χ1v) is 6.94. The highest BCUT2D eigenvalue weighted by molar-refractivity contribution is 6.51. The quantitative estimate of drug-likeness (QED) is 0.722. The second kappa shape index (κ2) is 5.54. The van der Waals surface area contributed by atoms with Gasteiger partial charge in [-0.05, 0) is 30.7 Å². The Hall–Kier alpha value is -2.39. The molecule has 1 aromatic carbocycles. The molecule has 0 spiro atoms. The second-order valence-corrected chi connectivity index (χ2v) is 5.22. The van der Waals surface area contributed by atoms with Gasteiger partial charge in [-0.15, -0.1) is 0 Å². The Labute approximate surface area is 127 Å². The minimum Gasteiger partial charge on any atom is -0.269 e. The molecular formula is C17H13ClN2O. The summed E-state index contributed by atoms with van der Waals surface area (Å²) in [5, 5.41) is 0.447. The largest absolute Gasteiger partial charge is 0.269 e. The molecular weight excluding hydrogens is 284 g/mol. The predicted octanol–water partition coefficient (Wildman–Crippen LogP) is 3.74. The van der Waals surface area contributed by atoms with Crippen molar-refractivity contribution in [2.75, 3.05) is 0 Å². The van der Waals surface area contributed by atoms with E-state index >= 15 is 0 Å². The minimum absolute atomic E-state index is 0.147. The maximum absolute atomic E-state index is 12.0. The van der Waals surface area contributed by atoms with E-state index in [-0.39, 0.29) is 5.56 Å². The third-order valence-corrected chi connectivity index (χ3v) is 3.49. The monoisotopic (exact) mass is 296 g/mol. The minimum atomic E-state index is -0.147. The molecule has 0 aliphatic heterocycles. The summed E-state index contributed by atoms with van der Waals surface area (Å²) in [7, 11) is 0. The van der Waals surface area contributed by atoms with Gasteiger partial charge in [0.1, 0.15) is 5.65 Å². The van der Waals surface area contributed by atoms with Crippen LogP contribution in [0.5, 0.6) is 0 Å². The molecule has 0 aliphatic carbocycles. The maximum atomic E-state index is 12.0.